The van der Waals surface area contributed by atoms with Crippen LogP contribution in [0.4, 0.5) is 5.82 Å². The van der Waals surface area contributed by atoms with Crippen molar-refractivity contribution in [1.29, 1.82) is 0 Å². The Labute approximate surface area is 119 Å². The van der Waals surface area contributed by atoms with E-state index in [0.29, 0.717) is 0 Å². The molecule has 0 spiro atoms. The topological polar surface area (TPSA) is 53.7 Å². The molecule has 2 aromatic rings. The normalized spacial score (nSPS) is 20.0. The maximum Gasteiger partial charge on any atom is 0.155 e. The second kappa shape index (κ2) is 4.74. The van der Waals surface area contributed by atoms with Gasteiger partial charge in [0.1, 0.15) is 5.52 Å². The monoisotopic (exact) mass is 274 g/mol. The lowest BCUT2D eigenvalue weighted by Gasteiger charge is -2.24. The van der Waals surface area contributed by atoms with E-state index in [1.54, 1.807) is 6.20 Å². The lowest BCUT2D eigenvalue weighted by molar-refractivity contribution is 0.266. The lowest BCUT2D eigenvalue weighted by Crippen LogP contribution is -2.33. The van der Waals surface area contributed by atoms with Crippen molar-refractivity contribution in [3.05, 3.63) is 24.2 Å². The minimum Gasteiger partial charge on any atom is -0.394 e. The van der Waals surface area contributed by atoms with Gasteiger partial charge in [0.2, 0.25) is 0 Å². The maximum absolute atomic E-state index is 9.51. The van der Waals surface area contributed by atoms with Gasteiger partial charge in [-0.1, -0.05) is 20.8 Å². The predicted octanol–water partition coefficient (Wildman–Crippen LogP) is 1.99. The van der Waals surface area contributed by atoms with Crippen LogP contribution in [-0.4, -0.2) is 38.9 Å². The third-order valence-corrected chi connectivity index (χ3v) is 4.00. The van der Waals surface area contributed by atoms with E-state index in [4.69, 9.17) is 0 Å². The fourth-order valence-corrected chi connectivity index (χ4v) is 2.80. The standard InChI is InChI=1S/C15H22N4O/c1-15(2,3)13-9-12-14(16-6-8-19(12)17-13)18-7-4-5-11(18)10-20/h6,8-9,11,20H,4-5,7,10H2,1-3H3. The van der Waals surface area contributed by atoms with E-state index in [1.807, 2.05) is 10.7 Å². The van der Waals surface area contributed by atoms with Gasteiger partial charge < -0.3 is 10.0 Å². The number of aliphatic hydroxyl groups excluding tert-OH is 1. The van der Waals surface area contributed by atoms with Crippen LogP contribution in [0, 0.1) is 0 Å². The predicted molar refractivity (Wildman–Crippen MR) is 79.1 cm³/mol. The molecular formula is C15H22N4O. The van der Waals surface area contributed by atoms with Crippen molar-refractivity contribution in [1.82, 2.24) is 14.6 Å². The highest BCUT2D eigenvalue weighted by Crippen LogP contribution is 2.30. The summed E-state index contributed by atoms with van der Waals surface area (Å²) in [6.07, 6.45) is 5.81. The second-order valence-corrected chi connectivity index (χ2v) is 6.53. The molecular weight excluding hydrogens is 252 g/mol. The van der Waals surface area contributed by atoms with Crippen LogP contribution < -0.4 is 4.90 Å². The fourth-order valence-electron chi connectivity index (χ4n) is 2.80. The molecule has 1 atom stereocenters. The Morgan fingerprint density at radius 2 is 2.20 bits per heavy atom. The number of aliphatic hydroxyl groups is 1. The molecule has 1 N–H and O–H groups in total. The van der Waals surface area contributed by atoms with E-state index in [1.165, 1.54) is 0 Å². The average Bonchev–Trinajstić information content (AvgIpc) is 3.03. The highest BCUT2D eigenvalue weighted by molar-refractivity contribution is 5.70. The molecule has 0 bridgehead atoms. The van der Waals surface area contributed by atoms with Gasteiger partial charge in [-0.3, -0.25) is 0 Å². The third kappa shape index (κ3) is 2.16. The van der Waals surface area contributed by atoms with E-state index in [0.717, 1.165) is 36.4 Å². The SMILES string of the molecule is CC(C)(C)c1cc2c(N3CCCC3CO)nccn2n1. The summed E-state index contributed by atoms with van der Waals surface area (Å²) in [6, 6.07) is 2.30. The van der Waals surface area contributed by atoms with Crippen molar-refractivity contribution in [2.45, 2.75) is 45.1 Å². The summed E-state index contributed by atoms with van der Waals surface area (Å²) in [6.45, 7) is 7.62. The molecule has 2 aromatic heterocycles. The Hall–Kier alpha value is -1.62. The Balaban J connectivity index is 2.09. The van der Waals surface area contributed by atoms with Crippen LogP contribution in [0.3, 0.4) is 0 Å². The number of aromatic nitrogens is 3. The average molecular weight is 274 g/mol. The van der Waals surface area contributed by atoms with Gasteiger partial charge in [0, 0.05) is 24.4 Å². The Morgan fingerprint density at radius 3 is 2.90 bits per heavy atom. The van der Waals surface area contributed by atoms with Crippen molar-refractivity contribution in [2.24, 2.45) is 0 Å². The number of anilines is 1. The van der Waals surface area contributed by atoms with Gasteiger partial charge in [-0.2, -0.15) is 5.10 Å². The number of rotatable bonds is 2. The summed E-state index contributed by atoms with van der Waals surface area (Å²) in [5.74, 6) is 0.937. The highest BCUT2D eigenvalue weighted by atomic mass is 16.3. The number of hydrogen-bond acceptors (Lipinski definition) is 4. The van der Waals surface area contributed by atoms with E-state index >= 15 is 0 Å². The molecule has 1 unspecified atom stereocenters. The molecule has 1 aliphatic heterocycles. The van der Waals surface area contributed by atoms with Crippen molar-refractivity contribution in [3.63, 3.8) is 0 Å². The van der Waals surface area contributed by atoms with Crippen LogP contribution >= 0.6 is 0 Å². The highest BCUT2D eigenvalue weighted by Gasteiger charge is 2.27. The van der Waals surface area contributed by atoms with Crippen LogP contribution in [0.2, 0.25) is 0 Å². The molecule has 20 heavy (non-hydrogen) atoms. The summed E-state index contributed by atoms with van der Waals surface area (Å²) in [7, 11) is 0. The molecule has 1 aliphatic rings. The molecule has 108 valence electrons. The molecule has 5 nitrogen and oxygen atoms in total. The smallest absolute Gasteiger partial charge is 0.155 e. The van der Waals surface area contributed by atoms with Crippen LogP contribution in [-0.2, 0) is 5.41 Å². The first-order valence-electron chi connectivity index (χ1n) is 7.23. The molecule has 0 radical (unpaired) electrons. The van der Waals surface area contributed by atoms with Gasteiger partial charge in [0.05, 0.1) is 18.3 Å². The minimum absolute atomic E-state index is 0.0185. The molecule has 0 aromatic carbocycles. The maximum atomic E-state index is 9.51. The summed E-state index contributed by atoms with van der Waals surface area (Å²) < 4.78 is 1.90. The zero-order chi connectivity index (χ0) is 14.3. The van der Waals surface area contributed by atoms with Gasteiger partial charge in [0.15, 0.2) is 5.82 Å². The number of hydrogen-bond donors (Lipinski definition) is 1. The van der Waals surface area contributed by atoms with Crippen molar-refractivity contribution < 1.29 is 5.11 Å². The molecule has 1 saturated heterocycles. The van der Waals surface area contributed by atoms with Gasteiger partial charge in [-0.15, -0.1) is 0 Å². The van der Waals surface area contributed by atoms with E-state index in [2.05, 4.69) is 41.8 Å². The first-order valence-corrected chi connectivity index (χ1v) is 7.23. The summed E-state index contributed by atoms with van der Waals surface area (Å²) in [5, 5.41) is 14.2. The van der Waals surface area contributed by atoms with Gasteiger partial charge >= 0.3 is 0 Å². The number of nitrogens with zero attached hydrogens (tertiary/aromatic N) is 4. The quantitative estimate of drug-likeness (QED) is 0.910. The summed E-state index contributed by atoms with van der Waals surface area (Å²) in [5.41, 5.74) is 2.11. The molecule has 0 saturated carbocycles. The van der Waals surface area contributed by atoms with Crippen LogP contribution in [0.25, 0.3) is 5.52 Å². The van der Waals surface area contributed by atoms with Crippen LogP contribution in [0.1, 0.15) is 39.3 Å². The first kappa shape index (κ1) is 13.4. The summed E-state index contributed by atoms with van der Waals surface area (Å²) >= 11 is 0. The van der Waals surface area contributed by atoms with E-state index in [-0.39, 0.29) is 18.1 Å². The van der Waals surface area contributed by atoms with Crippen LogP contribution in [0.5, 0.6) is 0 Å². The van der Waals surface area contributed by atoms with Crippen molar-refractivity contribution in [2.75, 3.05) is 18.1 Å². The number of fused-ring (bicyclic) bond motifs is 1. The van der Waals surface area contributed by atoms with Gasteiger partial charge in [-0.05, 0) is 18.9 Å². The molecule has 0 aliphatic carbocycles. The van der Waals surface area contributed by atoms with E-state index < -0.39 is 0 Å². The zero-order valence-electron chi connectivity index (χ0n) is 12.4. The molecule has 0 amide bonds. The fraction of sp³-hybridized carbons (Fsp3) is 0.600. The molecule has 3 rings (SSSR count). The Morgan fingerprint density at radius 1 is 1.40 bits per heavy atom. The van der Waals surface area contributed by atoms with Gasteiger partial charge in [0.25, 0.3) is 0 Å². The van der Waals surface area contributed by atoms with Crippen molar-refractivity contribution in [3.8, 4) is 0 Å². The minimum atomic E-state index is 0.0185. The Kier molecular flexibility index (Phi) is 3.17. The molecule has 3 heterocycles. The molecule has 1 fully saturated rings. The molecule has 5 heteroatoms. The lowest BCUT2D eigenvalue weighted by atomic mass is 9.92. The third-order valence-electron chi connectivity index (χ3n) is 4.00. The zero-order valence-corrected chi connectivity index (χ0v) is 12.4. The second-order valence-electron chi connectivity index (χ2n) is 6.53. The summed E-state index contributed by atoms with van der Waals surface area (Å²) in [4.78, 5) is 6.75. The van der Waals surface area contributed by atoms with Gasteiger partial charge in [-0.25, -0.2) is 9.50 Å². The van der Waals surface area contributed by atoms with Crippen molar-refractivity contribution >= 4 is 11.3 Å². The van der Waals surface area contributed by atoms with E-state index in [9.17, 15) is 5.11 Å². The Bertz CT molecular complexity index is 614. The first-order chi connectivity index (χ1) is 9.50. The largest absolute Gasteiger partial charge is 0.394 e. The van der Waals surface area contributed by atoms with Crippen LogP contribution in [0.15, 0.2) is 18.5 Å².